The van der Waals surface area contributed by atoms with Crippen LogP contribution in [0.25, 0.3) is 0 Å². The van der Waals surface area contributed by atoms with Crippen molar-refractivity contribution in [3.05, 3.63) is 29.3 Å². The third kappa shape index (κ3) is 1.82. The molecule has 1 aliphatic carbocycles. The SMILES string of the molecule is CC1CCCC1(C#N)S(=O)(=O)c1ccc(Cl)cc1. The molecule has 0 saturated heterocycles. The van der Waals surface area contributed by atoms with E-state index in [4.69, 9.17) is 11.6 Å². The highest BCUT2D eigenvalue weighted by Crippen LogP contribution is 2.44. The lowest BCUT2D eigenvalue weighted by Gasteiger charge is -2.25. The first-order valence-electron chi connectivity index (χ1n) is 5.85. The highest BCUT2D eigenvalue weighted by Gasteiger charge is 2.52. The predicted molar refractivity (Wildman–Crippen MR) is 70.0 cm³/mol. The van der Waals surface area contributed by atoms with Crippen LogP contribution in [-0.2, 0) is 9.84 Å². The molecule has 0 aromatic heterocycles. The molecule has 0 radical (unpaired) electrons. The van der Waals surface area contributed by atoms with Gasteiger partial charge in [0.25, 0.3) is 0 Å². The van der Waals surface area contributed by atoms with Crippen molar-refractivity contribution in [3.8, 4) is 6.07 Å². The predicted octanol–water partition coefficient (Wildman–Crippen LogP) is 3.20. The summed E-state index contributed by atoms with van der Waals surface area (Å²) in [6.45, 7) is 1.84. The van der Waals surface area contributed by atoms with E-state index in [1.807, 2.05) is 6.92 Å². The Morgan fingerprint density at radius 3 is 2.44 bits per heavy atom. The summed E-state index contributed by atoms with van der Waals surface area (Å²) < 4.78 is 24.0. The standard InChI is InChI=1S/C13H14ClNO2S/c1-10-3-2-8-13(10,9-15)18(16,17)12-6-4-11(14)5-7-12/h4-7,10H,2-3,8H2,1H3. The Balaban J connectivity index is 2.55. The largest absolute Gasteiger partial charge is 0.222 e. The molecule has 0 bridgehead atoms. The second-order valence-electron chi connectivity index (χ2n) is 4.75. The Labute approximate surface area is 112 Å². The third-order valence-corrected chi connectivity index (χ3v) is 6.58. The molecule has 1 aromatic carbocycles. The lowest BCUT2D eigenvalue weighted by atomic mass is 9.99. The summed E-state index contributed by atoms with van der Waals surface area (Å²) in [5, 5.41) is 9.87. The fourth-order valence-corrected chi connectivity index (χ4v) is 4.82. The number of nitriles is 1. The van der Waals surface area contributed by atoms with Crippen LogP contribution in [0.4, 0.5) is 0 Å². The minimum atomic E-state index is -3.64. The number of benzene rings is 1. The molecule has 1 saturated carbocycles. The van der Waals surface area contributed by atoms with E-state index in [1.165, 1.54) is 12.1 Å². The maximum absolute atomic E-state index is 12.6. The molecular formula is C13H14ClNO2S. The number of hydrogen-bond donors (Lipinski definition) is 0. The van der Waals surface area contributed by atoms with Gasteiger partial charge in [-0.15, -0.1) is 0 Å². The molecule has 0 aliphatic heterocycles. The zero-order chi connectivity index (χ0) is 13.4. The van der Waals surface area contributed by atoms with E-state index < -0.39 is 14.6 Å². The van der Waals surface area contributed by atoms with Gasteiger partial charge in [0, 0.05) is 5.02 Å². The zero-order valence-corrected chi connectivity index (χ0v) is 11.6. The normalized spacial score (nSPS) is 27.9. The van der Waals surface area contributed by atoms with Crippen LogP contribution < -0.4 is 0 Å². The van der Waals surface area contributed by atoms with E-state index in [0.29, 0.717) is 11.4 Å². The summed E-state index contributed by atoms with van der Waals surface area (Å²) in [6, 6.07) is 8.09. The number of hydrogen-bond acceptors (Lipinski definition) is 3. The van der Waals surface area contributed by atoms with Crippen molar-refractivity contribution < 1.29 is 8.42 Å². The topological polar surface area (TPSA) is 57.9 Å². The van der Waals surface area contributed by atoms with Gasteiger partial charge in [-0.3, -0.25) is 0 Å². The Hall–Kier alpha value is -1.05. The molecule has 2 unspecified atom stereocenters. The van der Waals surface area contributed by atoms with Crippen LogP contribution in [0.2, 0.25) is 5.02 Å². The lowest BCUT2D eigenvalue weighted by molar-refractivity contribution is 0.494. The Bertz CT molecular complexity index is 588. The van der Waals surface area contributed by atoms with Gasteiger partial charge in [-0.25, -0.2) is 8.42 Å². The molecule has 5 heteroatoms. The first kappa shape index (κ1) is 13.4. The number of nitrogens with zero attached hydrogens (tertiary/aromatic N) is 1. The molecule has 0 N–H and O–H groups in total. The Morgan fingerprint density at radius 2 is 2.00 bits per heavy atom. The lowest BCUT2D eigenvalue weighted by Crippen LogP contribution is -2.39. The van der Waals surface area contributed by atoms with Crippen LogP contribution in [0.15, 0.2) is 29.2 Å². The fraction of sp³-hybridized carbons (Fsp3) is 0.462. The Morgan fingerprint density at radius 1 is 1.39 bits per heavy atom. The first-order chi connectivity index (χ1) is 8.44. The number of halogens is 1. The van der Waals surface area contributed by atoms with Crippen molar-refractivity contribution in [1.29, 1.82) is 5.26 Å². The van der Waals surface area contributed by atoms with E-state index in [0.717, 1.165) is 12.8 Å². The Kier molecular flexibility index (Phi) is 3.39. The van der Waals surface area contributed by atoms with Gasteiger partial charge in [0.15, 0.2) is 14.6 Å². The van der Waals surface area contributed by atoms with Crippen LogP contribution in [0.5, 0.6) is 0 Å². The van der Waals surface area contributed by atoms with E-state index in [1.54, 1.807) is 12.1 Å². The summed E-state index contributed by atoms with van der Waals surface area (Å²) in [6.07, 6.45) is 1.97. The molecule has 96 valence electrons. The summed E-state index contributed by atoms with van der Waals surface area (Å²) in [5.41, 5.74) is 0. The van der Waals surface area contributed by atoms with Gasteiger partial charge in [0.1, 0.15) is 0 Å². The average Bonchev–Trinajstić information content (AvgIpc) is 2.72. The van der Waals surface area contributed by atoms with Crippen molar-refractivity contribution in [2.45, 2.75) is 35.8 Å². The maximum Gasteiger partial charge on any atom is 0.197 e. The molecule has 0 heterocycles. The average molecular weight is 284 g/mol. The summed E-state index contributed by atoms with van der Waals surface area (Å²) in [7, 11) is -3.64. The molecule has 1 aromatic rings. The van der Waals surface area contributed by atoms with E-state index in [9.17, 15) is 13.7 Å². The van der Waals surface area contributed by atoms with Gasteiger partial charge < -0.3 is 0 Å². The van der Waals surface area contributed by atoms with Gasteiger partial charge in [0.05, 0.1) is 11.0 Å². The van der Waals surface area contributed by atoms with Crippen molar-refractivity contribution >= 4 is 21.4 Å². The summed E-state index contributed by atoms with van der Waals surface area (Å²) in [5.74, 6) is -0.136. The first-order valence-corrected chi connectivity index (χ1v) is 7.71. The van der Waals surface area contributed by atoms with Crippen LogP contribution in [-0.4, -0.2) is 13.2 Å². The minimum Gasteiger partial charge on any atom is -0.222 e. The van der Waals surface area contributed by atoms with Gasteiger partial charge in [-0.1, -0.05) is 24.9 Å². The van der Waals surface area contributed by atoms with Crippen LogP contribution in [0, 0.1) is 17.2 Å². The molecule has 1 fully saturated rings. The maximum atomic E-state index is 12.6. The van der Waals surface area contributed by atoms with Crippen molar-refractivity contribution in [3.63, 3.8) is 0 Å². The quantitative estimate of drug-likeness (QED) is 0.837. The van der Waals surface area contributed by atoms with Crippen LogP contribution >= 0.6 is 11.6 Å². The smallest absolute Gasteiger partial charge is 0.197 e. The van der Waals surface area contributed by atoms with Gasteiger partial charge in [0.2, 0.25) is 0 Å². The van der Waals surface area contributed by atoms with E-state index >= 15 is 0 Å². The zero-order valence-electron chi connectivity index (χ0n) is 10.1. The second kappa shape index (κ2) is 4.56. The third-order valence-electron chi connectivity index (χ3n) is 3.77. The molecule has 3 nitrogen and oxygen atoms in total. The molecule has 18 heavy (non-hydrogen) atoms. The summed E-state index contributed by atoms with van der Waals surface area (Å²) in [4.78, 5) is 0.183. The second-order valence-corrected chi connectivity index (χ2v) is 7.40. The van der Waals surface area contributed by atoms with Crippen molar-refractivity contribution in [2.75, 3.05) is 0 Å². The highest BCUT2D eigenvalue weighted by molar-refractivity contribution is 7.93. The molecule has 2 atom stereocenters. The fourth-order valence-electron chi connectivity index (χ4n) is 2.60. The van der Waals surface area contributed by atoms with E-state index in [-0.39, 0.29) is 10.8 Å². The molecule has 2 rings (SSSR count). The summed E-state index contributed by atoms with van der Waals surface area (Å²) >= 11 is 5.76. The van der Waals surface area contributed by atoms with Gasteiger partial charge in [-0.2, -0.15) is 5.26 Å². The van der Waals surface area contributed by atoms with Crippen molar-refractivity contribution in [2.24, 2.45) is 5.92 Å². The number of rotatable bonds is 2. The van der Waals surface area contributed by atoms with Crippen LogP contribution in [0.1, 0.15) is 26.2 Å². The molecule has 0 amide bonds. The highest BCUT2D eigenvalue weighted by atomic mass is 35.5. The molecular weight excluding hydrogens is 270 g/mol. The number of sulfone groups is 1. The van der Waals surface area contributed by atoms with Gasteiger partial charge >= 0.3 is 0 Å². The van der Waals surface area contributed by atoms with Crippen molar-refractivity contribution in [1.82, 2.24) is 0 Å². The van der Waals surface area contributed by atoms with E-state index in [2.05, 4.69) is 6.07 Å². The molecule has 1 aliphatic rings. The minimum absolute atomic E-state index is 0.136. The molecule has 0 spiro atoms. The van der Waals surface area contributed by atoms with Gasteiger partial charge in [-0.05, 0) is 43.0 Å². The van der Waals surface area contributed by atoms with Crippen LogP contribution in [0.3, 0.4) is 0 Å². The monoisotopic (exact) mass is 283 g/mol.